The van der Waals surface area contributed by atoms with Crippen LogP contribution in [0.15, 0.2) is 103 Å². The number of aryl methyl sites for hydroxylation is 1. The predicted octanol–water partition coefficient (Wildman–Crippen LogP) is 10.3. The summed E-state index contributed by atoms with van der Waals surface area (Å²) in [6.45, 7) is 9.19. The maximum atomic E-state index is 12.4. The molecule has 0 aromatic heterocycles. The van der Waals surface area contributed by atoms with E-state index in [9.17, 15) is 9.59 Å². The molecule has 0 aliphatic carbocycles. The van der Waals surface area contributed by atoms with Gasteiger partial charge in [-0.1, -0.05) is 132 Å². The van der Waals surface area contributed by atoms with Crippen molar-refractivity contribution in [1.82, 2.24) is 10.6 Å². The van der Waals surface area contributed by atoms with Crippen LogP contribution in [0.1, 0.15) is 97.5 Å². The van der Waals surface area contributed by atoms with Crippen LogP contribution in [0.5, 0.6) is 0 Å². The average molecular weight is 651 g/mol. The first kappa shape index (κ1) is 40.3. The van der Waals surface area contributed by atoms with Gasteiger partial charge >= 0.3 is 0 Å². The Morgan fingerprint density at radius 2 is 1.29 bits per heavy atom. The lowest BCUT2D eigenvalue weighted by Gasteiger charge is -2.31. The highest BCUT2D eigenvalue weighted by Crippen LogP contribution is 2.37. The zero-order chi connectivity index (χ0) is 32.9. The minimum Gasteiger partial charge on any atom is -0.355 e. The standard InChI is InChI=1S/C39H58N2O2S2/c1-5-6-7-8-9-10-11-12-13-14-15-16-17-18-19-20-21-22-26-31-37(42)40-33-34-44-45-39(3,4)35(2)41-38(43)32-27-30-36-28-24-23-25-29-36/h6-7,9-10,12-13,15-16,18-19,21-25,28-29,35H,5,8,11,14,17,20,26-27,30-34H2,1-4H3,(H,40,42)(H,41,43)/b7-6-,10-9-,13-12-,16-15-,19-18-,22-21-/t35-/m1/s1. The highest BCUT2D eigenvalue weighted by Gasteiger charge is 2.28. The van der Waals surface area contributed by atoms with E-state index in [4.69, 9.17) is 0 Å². The van der Waals surface area contributed by atoms with Gasteiger partial charge in [0.2, 0.25) is 11.8 Å². The van der Waals surface area contributed by atoms with Gasteiger partial charge in [-0.25, -0.2) is 0 Å². The smallest absolute Gasteiger partial charge is 0.220 e. The molecule has 0 fully saturated rings. The second kappa shape index (κ2) is 27.6. The number of nitrogens with one attached hydrogen (secondary N) is 2. The second-order valence-electron chi connectivity index (χ2n) is 11.4. The van der Waals surface area contributed by atoms with Gasteiger partial charge in [-0.3, -0.25) is 9.59 Å². The molecule has 2 N–H and O–H groups in total. The molecule has 0 spiro atoms. The van der Waals surface area contributed by atoms with Crippen LogP contribution in [0.25, 0.3) is 0 Å². The van der Waals surface area contributed by atoms with E-state index >= 15 is 0 Å². The average Bonchev–Trinajstić information content (AvgIpc) is 3.02. The molecule has 1 atom stereocenters. The van der Waals surface area contributed by atoms with Gasteiger partial charge in [0.05, 0.1) is 0 Å². The second-order valence-corrected chi connectivity index (χ2v) is 14.5. The molecule has 248 valence electrons. The van der Waals surface area contributed by atoms with Crippen molar-refractivity contribution < 1.29 is 9.59 Å². The van der Waals surface area contributed by atoms with Crippen molar-refractivity contribution in [3.8, 4) is 0 Å². The molecule has 0 aliphatic heterocycles. The third-order valence-corrected chi connectivity index (χ3v) is 10.5. The van der Waals surface area contributed by atoms with Gasteiger partial charge in [0.25, 0.3) is 0 Å². The summed E-state index contributed by atoms with van der Waals surface area (Å²) in [5.74, 6) is 1.03. The molecule has 0 unspecified atom stereocenters. The van der Waals surface area contributed by atoms with Crippen molar-refractivity contribution in [3.63, 3.8) is 0 Å². The molecule has 4 nitrogen and oxygen atoms in total. The Morgan fingerprint density at radius 1 is 0.756 bits per heavy atom. The molecule has 0 heterocycles. The van der Waals surface area contributed by atoms with Gasteiger partial charge in [0, 0.05) is 35.9 Å². The molecule has 1 aromatic carbocycles. The number of allylic oxidation sites excluding steroid dienone is 12. The lowest BCUT2D eigenvalue weighted by atomic mass is 10.0. The molecule has 1 aromatic rings. The van der Waals surface area contributed by atoms with Crippen LogP contribution in [-0.2, 0) is 16.0 Å². The van der Waals surface area contributed by atoms with E-state index in [1.54, 1.807) is 21.6 Å². The molecule has 0 bridgehead atoms. The largest absolute Gasteiger partial charge is 0.355 e. The lowest BCUT2D eigenvalue weighted by Crippen LogP contribution is -2.45. The van der Waals surface area contributed by atoms with E-state index in [-0.39, 0.29) is 22.6 Å². The van der Waals surface area contributed by atoms with Crippen molar-refractivity contribution in [2.75, 3.05) is 12.3 Å². The van der Waals surface area contributed by atoms with Gasteiger partial charge in [0.1, 0.15) is 0 Å². The maximum absolute atomic E-state index is 12.4. The van der Waals surface area contributed by atoms with E-state index in [0.717, 1.165) is 63.5 Å². The van der Waals surface area contributed by atoms with Crippen molar-refractivity contribution in [3.05, 3.63) is 109 Å². The summed E-state index contributed by atoms with van der Waals surface area (Å²) in [5.41, 5.74) is 1.27. The summed E-state index contributed by atoms with van der Waals surface area (Å²) < 4.78 is -0.111. The SMILES string of the molecule is CC/C=C\C/C=C\C/C=C\C/C=C\C/C=C\C/C=C\CCC(=O)NCCSSC(C)(C)[C@@H](C)NC(=O)CCCc1ccccc1. The highest BCUT2D eigenvalue weighted by molar-refractivity contribution is 8.77. The molecule has 45 heavy (non-hydrogen) atoms. The summed E-state index contributed by atoms with van der Waals surface area (Å²) >= 11 is 0. The number of hydrogen-bond donors (Lipinski definition) is 2. The Hall–Kier alpha value is -2.70. The molecular weight excluding hydrogens is 593 g/mol. The van der Waals surface area contributed by atoms with Crippen LogP contribution in [-0.4, -0.2) is 34.9 Å². The maximum Gasteiger partial charge on any atom is 0.220 e. The lowest BCUT2D eigenvalue weighted by molar-refractivity contribution is -0.122. The van der Waals surface area contributed by atoms with Gasteiger partial charge in [-0.05, 0) is 84.1 Å². The van der Waals surface area contributed by atoms with Crippen LogP contribution in [0.3, 0.4) is 0 Å². The van der Waals surface area contributed by atoms with Crippen LogP contribution in [0, 0.1) is 0 Å². The summed E-state index contributed by atoms with van der Waals surface area (Å²) in [6, 6.07) is 10.3. The van der Waals surface area contributed by atoms with Crippen LogP contribution >= 0.6 is 21.6 Å². The Labute approximate surface area is 282 Å². The summed E-state index contributed by atoms with van der Waals surface area (Å²) in [5, 5.41) is 6.19. The zero-order valence-corrected chi connectivity index (χ0v) is 29.9. The van der Waals surface area contributed by atoms with Gasteiger partial charge in [-0.2, -0.15) is 0 Å². The molecule has 2 amide bonds. The minimum atomic E-state index is -0.111. The number of carbonyl (C=O) groups excluding carboxylic acids is 2. The van der Waals surface area contributed by atoms with Gasteiger partial charge in [0.15, 0.2) is 0 Å². The number of hydrogen-bond acceptors (Lipinski definition) is 4. The first-order valence-corrected chi connectivity index (χ1v) is 19.0. The molecule has 0 saturated carbocycles. The number of carbonyl (C=O) groups is 2. The minimum absolute atomic E-state index is 0.0511. The molecule has 0 radical (unpaired) electrons. The Bertz CT molecular complexity index is 1090. The van der Waals surface area contributed by atoms with Crippen LogP contribution in [0.4, 0.5) is 0 Å². The summed E-state index contributed by atoms with van der Waals surface area (Å²) in [6.07, 6.45) is 35.8. The highest BCUT2D eigenvalue weighted by atomic mass is 33.1. The van der Waals surface area contributed by atoms with Crippen molar-refractivity contribution >= 4 is 33.4 Å². The molecule has 0 saturated heterocycles. The molecule has 6 heteroatoms. The molecular formula is C39H58N2O2S2. The van der Waals surface area contributed by atoms with Crippen molar-refractivity contribution in [2.45, 2.75) is 109 Å². The van der Waals surface area contributed by atoms with E-state index in [1.165, 1.54) is 5.56 Å². The number of benzene rings is 1. The fraction of sp³-hybridized carbons (Fsp3) is 0.487. The molecule has 1 rings (SSSR count). The predicted molar refractivity (Wildman–Crippen MR) is 202 cm³/mol. The fourth-order valence-electron chi connectivity index (χ4n) is 4.03. The summed E-state index contributed by atoms with van der Waals surface area (Å²) in [7, 11) is 3.51. The van der Waals surface area contributed by atoms with Crippen LogP contribution < -0.4 is 10.6 Å². The first-order chi connectivity index (χ1) is 21.8. The molecule has 0 aliphatic rings. The third-order valence-electron chi connectivity index (χ3n) is 7.05. The van der Waals surface area contributed by atoms with Crippen LogP contribution in [0.2, 0.25) is 0 Å². The topological polar surface area (TPSA) is 58.2 Å². The normalized spacial score (nSPS) is 13.3. The third kappa shape index (κ3) is 24.2. The Kier molecular flexibility index (Phi) is 24.7. The van der Waals surface area contributed by atoms with Gasteiger partial charge in [-0.15, -0.1) is 0 Å². The van der Waals surface area contributed by atoms with E-state index in [0.29, 0.717) is 19.4 Å². The summed E-state index contributed by atoms with van der Waals surface area (Å²) in [4.78, 5) is 24.6. The quantitative estimate of drug-likeness (QED) is 0.0628. The van der Waals surface area contributed by atoms with E-state index < -0.39 is 0 Å². The fourth-order valence-corrected chi connectivity index (χ4v) is 6.65. The Morgan fingerprint density at radius 3 is 1.84 bits per heavy atom. The zero-order valence-electron chi connectivity index (χ0n) is 28.2. The number of rotatable bonds is 25. The van der Waals surface area contributed by atoms with Crippen molar-refractivity contribution in [2.24, 2.45) is 0 Å². The van der Waals surface area contributed by atoms with E-state index in [1.807, 2.05) is 18.2 Å². The Balaban J connectivity index is 2.03. The first-order valence-electron chi connectivity index (χ1n) is 16.7. The van der Waals surface area contributed by atoms with Gasteiger partial charge < -0.3 is 10.6 Å². The monoisotopic (exact) mass is 650 g/mol. The van der Waals surface area contributed by atoms with E-state index in [2.05, 4.69) is 123 Å². The number of amides is 2. The van der Waals surface area contributed by atoms with Crippen molar-refractivity contribution in [1.29, 1.82) is 0 Å².